The summed E-state index contributed by atoms with van der Waals surface area (Å²) in [5.74, 6) is 1.23. The molecular weight excluding hydrogens is 238 g/mol. The Balaban J connectivity index is 2.48. The predicted octanol–water partition coefficient (Wildman–Crippen LogP) is 2.51. The second-order valence-electron chi connectivity index (χ2n) is 4.86. The third-order valence-corrected chi connectivity index (χ3v) is 3.14. The zero-order valence-electron chi connectivity index (χ0n) is 11.8. The van der Waals surface area contributed by atoms with Crippen molar-refractivity contribution in [2.75, 3.05) is 13.7 Å². The van der Waals surface area contributed by atoms with E-state index in [1.165, 1.54) is 11.3 Å². The van der Waals surface area contributed by atoms with Crippen LogP contribution < -0.4 is 10.5 Å². The maximum absolute atomic E-state index is 5.67. The first-order chi connectivity index (χ1) is 9.17. The van der Waals surface area contributed by atoms with Crippen LogP contribution >= 0.6 is 0 Å². The van der Waals surface area contributed by atoms with Crippen molar-refractivity contribution in [3.63, 3.8) is 0 Å². The van der Waals surface area contributed by atoms with Crippen molar-refractivity contribution in [3.8, 4) is 11.4 Å². The van der Waals surface area contributed by atoms with Crippen LogP contribution in [-0.4, -0.2) is 23.4 Å². The Morgan fingerprint density at radius 2 is 2.16 bits per heavy atom. The van der Waals surface area contributed by atoms with E-state index in [0.717, 1.165) is 17.9 Å². The number of nitrogens with two attached hydrogens (primary N) is 1. The fourth-order valence-corrected chi connectivity index (χ4v) is 2.30. The number of rotatable bonds is 5. The van der Waals surface area contributed by atoms with Gasteiger partial charge in [0.15, 0.2) is 0 Å². The summed E-state index contributed by atoms with van der Waals surface area (Å²) < 4.78 is 7.25. The minimum absolute atomic E-state index is 0.398. The van der Waals surface area contributed by atoms with Gasteiger partial charge in [0.1, 0.15) is 5.75 Å². The van der Waals surface area contributed by atoms with Gasteiger partial charge in [-0.1, -0.05) is 19.9 Å². The molecule has 1 aromatic carbocycles. The first kappa shape index (κ1) is 13.6. The highest BCUT2D eigenvalue weighted by atomic mass is 16.5. The average Bonchev–Trinajstić information content (AvgIpc) is 2.83. The molecule has 1 aromatic heterocycles. The van der Waals surface area contributed by atoms with E-state index in [1.54, 1.807) is 7.11 Å². The molecular formula is C15H21N3O. The molecule has 2 aromatic rings. The second kappa shape index (κ2) is 5.89. The molecule has 0 saturated carbocycles. The van der Waals surface area contributed by atoms with Gasteiger partial charge in [0.2, 0.25) is 0 Å². The molecule has 0 amide bonds. The molecule has 1 heterocycles. The zero-order valence-corrected chi connectivity index (χ0v) is 11.8. The molecule has 4 nitrogen and oxygen atoms in total. The Morgan fingerprint density at radius 3 is 2.79 bits per heavy atom. The summed E-state index contributed by atoms with van der Waals surface area (Å²) in [5, 5.41) is 4.51. The number of benzene rings is 1. The summed E-state index contributed by atoms with van der Waals surface area (Å²) in [4.78, 5) is 0. The summed E-state index contributed by atoms with van der Waals surface area (Å²) in [6, 6.07) is 7.93. The van der Waals surface area contributed by atoms with Gasteiger partial charge in [-0.2, -0.15) is 5.10 Å². The third kappa shape index (κ3) is 2.79. The molecule has 2 rings (SSSR count). The van der Waals surface area contributed by atoms with Gasteiger partial charge in [0.25, 0.3) is 0 Å². The zero-order chi connectivity index (χ0) is 13.8. The van der Waals surface area contributed by atoms with Crippen molar-refractivity contribution in [1.82, 2.24) is 9.78 Å². The van der Waals surface area contributed by atoms with Gasteiger partial charge in [-0.05, 0) is 36.6 Å². The fourth-order valence-electron chi connectivity index (χ4n) is 2.30. The summed E-state index contributed by atoms with van der Waals surface area (Å²) in [5.41, 5.74) is 9.13. The van der Waals surface area contributed by atoms with E-state index in [0.29, 0.717) is 12.5 Å². The molecule has 4 heteroatoms. The highest BCUT2D eigenvalue weighted by molar-refractivity contribution is 5.41. The Kier molecular flexibility index (Phi) is 4.22. The molecule has 0 radical (unpaired) electrons. The monoisotopic (exact) mass is 259 g/mol. The van der Waals surface area contributed by atoms with E-state index in [-0.39, 0.29) is 0 Å². The first-order valence-electron chi connectivity index (χ1n) is 6.58. The second-order valence-corrected chi connectivity index (χ2v) is 4.86. The van der Waals surface area contributed by atoms with E-state index < -0.39 is 0 Å². The van der Waals surface area contributed by atoms with Crippen LogP contribution in [0.4, 0.5) is 0 Å². The highest BCUT2D eigenvalue weighted by Crippen LogP contribution is 2.25. The molecule has 0 aliphatic heterocycles. The van der Waals surface area contributed by atoms with Crippen molar-refractivity contribution in [2.24, 2.45) is 5.73 Å². The van der Waals surface area contributed by atoms with Gasteiger partial charge in [-0.15, -0.1) is 0 Å². The molecule has 0 aliphatic carbocycles. The standard InChI is InChI=1S/C15H21N3O/c1-11(2)15-12(7-8-16)10-17-18(15)13-5-4-6-14(9-13)19-3/h4-6,9-11H,7-8,16H2,1-3H3. The Morgan fingerprint density at radius 1 is 1.37 bits per heavy atom. The number of aromatic nitrogens is 2. The van der Waals surface area contributed by atoms with E-state index in [2.05, 4.69) is 18.9 Å². The predicted molar refractivity (Wildman–Crippen MR) is 77.0 cm³/mol. The quantitative estimate of drug-likeness (QED) is 0.897. The molecule has 0 saturated heterocycles. The third-order valence-electron chi connectivity index (χ3n) is 3.14. The summed E-state index contributed by atoms with van der Waals surface area (Å²) in [6.45, 7) is 4.99. The van der Waals surface area contributed by atoms with Crippen LogP contribution in [0.1, 0.15) is 31.0 Å². The van der Waals surface area contributed by atoms with Gasteiger partial charge in [-0.3, -0.25) is 0 Å². The molecule has 0 fully saturated rings. The van der Waals surface area contributed by atoms with Gasteiger partial charge in [0.05, 0.1) is 24.7 Å². The van der Waals surface area contributed by atoms with Gasteiger partial charge >= 0.3 is 0 Å². The Hall–Kier alpha value is -1.81. The van der Waals surface area contributed by atoms with Crippen LogP contribution in [0.3, 0.4) is 0 Å². The van der Waals surface area contributed by atoms with E-state index in [1.807, 2.05) is 35.1 Å². The topological polar surface area (TPSA) is 53.1 Å². The Labute approximate surface area is 114 Å². The number of hydrogen-bond acceptors (Lipinski definition) is 3. The lowest BCUT2D eigenvalue weighted by molar-refractivity contribution is 0.414. The van der Waals surface area contributed by atoms with Crippen molar-refractivity contribution < 1.29 is 4.74 Å². The van der Waals surface area contributed by atoms with Crippen LogP contribution in [0, 0.1) is 0 Å². The summed E-state index contributed by atoms with van der Waals surface area (Å²) in [6.07, 6.45) is 2.78. The normalized spacial score (nSPS) is 11.0. The van der Waals surface area contributed by atoms with Crippen LogP contribution in [0.5, 0.6) is 5.75 Å². The van der Waals surface area contributed by atoms with E-state index in [4.69, 9.17) is 10.5 Å². The number of methoxy groups -OCH3 is 1. The molecule has 0 unspecified atom stereocenters. The van der Waals surface area contributed by atoms with Gasteiger partial charge in [0, 0.05) is 6.07 Å². The van der Waals surface area contributed by atoms with Crippen molar-refractivity contribution in [1.29, 1.82) is 0 Å². The van der Waals surface area contributed by atoms with E-state index >= 15 is 0 Å². The lowest BCUT2D eigenvalue weighted by atomic mass is 10.0. The van der Waals surface area contributed by atoms with Crippen molar-refractivity contribution >= 4 is 0 Å². The highest BCUT2D eigenvalue weighted by Gasteiger charge is 2.15. The molecule has 0 spiro atoms. The average molecular weight is 259 g/mol. The summed E-state index contributed by atoms with van der Waals surface area (Å²) in [7, 11) is 1.67. The number of ether oxygens (including phenoxy) is 1. The van der Waals surface area contributed by atoms with Crippen molar-refractivity contribution in [3.05, 3.63) is 41.7 Å². The van der Waals surface area contributed by atoms with Gasteiger partial charge in [-0.25, -0.2) is 4.68 Å². The Bertz CT molecular complexity index is 546. The minimum atomic E-state index is 0.398. The van der Waals surface area contributed by atoms with Gasteiger partial charge < -0.3 is 10.5 Å². The van der Waals surface area contributed by atoms with Crippen LogP contribution in [-0.2, 0) is 6.42 Å². The smallest absolute Gasteiger partial charge is 0.121 e. The maximum Gasteiger partial charge on any atom is 0.121 e. The van der Waals surface area contributed by atoms with Crippen molar-refractivity contribution in [2.45, 2.75) is 26.2 Å². The number of nitrogens with zero attached hydrogens (tertiary/aromatic N) is 2. The number of hydrogen-bond donors (Lipinski definition) is 1. The lowest BCUT2D eigenvalue weighted by Gasteiger charge is -2.13. The molecule has 19 heavy (non-hydrogen) atoms. The molecule has 102 valence electrons. The summed E-state index contributed by atoms with van der Waals surface area (Å²) >= 11 is 0. The largest absolute Gasteiger partial charge is 0.497 e. The molecule has 2 N–H and O–H groups in total. The van der Waals surface area contributed by atoms with E-state index in [9.17, 15) is 0 Å². The molecule has 0 bridgehead atoms. The molecule has 0 atom stereocenters. The SMILES string of the molecule is COc1cccc(-n2ncc(CCN)c2C(C)C)c1. The first-order valence-corrected chi connectivity index (χ1v) is 6.58. The lowest BCUT2D eigenvalue weighted by Crippen LogP contribution is -2.08. The fraction of sp³-hybridized carbons (Fsp3) is 0.400. The maximum atomic E-state index is 5.67. The van der Waals surface area contributed by atoms with Crippen LogP contribution in [0.15, 0.2) is 30.5 Å². The minimum Gasteiger partial charge on any atom is -0.497 e. The van der Waals surface area contributed by atoms with Crippen LogP contribution in [0.2, 0.25) is 0 Å². The molecule has 0 aliphatic rings. The van der Waals surface area contributed by atoms with Crippen LogP contribution in [0.25, 0.3) is 5.69 Å².